The van der Waals surface area contributed by atoms with E-state index in [4.69, 9.17) is 69.6 Å². The SMILES string of the molecule is ClC1(Cl)PC(Cl)(Cl)C1(Cl)Cl. The lowest BCUT2D eigenvalue weighted by atomic mass is 10.5. The maximum Gasteiger partial charge on any atom is 0.190 e. The predicted octanol–water partition coefficient (Wildman–Crippen LogP) is 4.12. The molecule has 0 saturated carbocycles. The van der Waals surface area contributed by atoms with Gasteiger partial charge in [0.2, 0.25) is 0 Å². The summed E-state index contributed by atoms with van der Waals surface area (Å²) in [4.78, 5) is 0. The van der Waals surface area contributed by atoms with Gasteiger partial charge in [-0.1, -0.05) is 69.6 Å². The molecule has 0 spiro atoms. The molecule has 1 aliphatic heterocycles. The average molecular weight is 281 g/mol. The number of halogens is 6. The highest BCUT2D eigenvalue weighted by Gasteiger charge is 2.72. The molecule has 1 saturated heterocycles. The van der Waals surface area contributed by atoms with E-state index in [0.717, 1.165) is 0 Å². The lowest BCUT2D eigenvalue weighted by Gasteiger charge is -2.52. The fraction of sp³-hybridized carbons (Fsp3) is 1.00. The van der Waals surface area contributed by atoms with Crippen LogP contribution in [-0.4, -0.2) is 12.5 Å². The minimum absolute atomic E-state index is 0.0764. The molecule has 0 radical (unpaired) electrons. The van der Waals surface area contributed by atoms with Gasteiger partial charge in [0.05, 0.1) is 0 Å². The van der Waals surface area contributed by atoms with E-state index in [1.54, 1.807) is 0 Å². The van der Waals surface area contributed by atoms with Gasteiger partial charge in [0, 0.05) is 0 Å². The molecule has 0 atom stereocenters. The smallest absolute Gasteiger partial charge is 0.0941 e. The van der Waals surface area contributed by atoms with Crippen LogP contribution in [-0.2, 0) is 0 Å². The van der Waals surface area contributed by atoms with Crippen molar-refractivity contribution >= 4 is 78.2 Å². The van der Waals surface area contributed by atoms with Crippen molar-refractivity contribution in [1.29, 1.82) is 0 Å². The average Bonchev–Trinajstić information content (AvgIpc) is 1.61. The summed E-state index contributed by atoms with van der Waals surface area (Å²) in [6, 6.07) is 0. The van der Waals surface area contributed by atoms with Crippen LogP contribution in [0.25, 0.3) is 0 Å². The van der Waals surface area contributed by atoms with E-state index in [2.05, 4.69) is 0 Å². The Balaban J connectivity index is 2.85. The van der Waals surface area contributed by atoms with E-state index < -0.39 is 12.5 Å². The number of hydrogen-bond acceptors (Lipinski definition) is 0. The summed E-state index contributed by atoms with van der Waals surface area (Å²) >= 11 is 33.8. The molecule has 0 amide bonds. The van der Waals surface area contributed by atoms with Gasteiger partial charge in [-0.05, 0) is 8.58 Å². The van der Waals surface area contributed by atoms with E-state index >= 15 is 0 Å². The van der Waals surface area contributed by atoms with Crippen LogP contribution >= 0.6 is 78.2 Å². The minimum Gasteiger partial charge on any atom is -0.0941 e. The highest BCUT2D eigenvalue weighted by atomic mass is 35.5. The van der Waals surface area contributed by atoms with Crippen LogP contribution in [0.3, 0.4) is 0 Å². The van der Waals surface area contributed by atoms with Crippen molar-refractivity contribution in [3.63, 3.8) is 0 Å². The lowest BCUT2D eigenvalue weighted by molar-refractivity contribution is 0.754. The lowest BCUT2D eigenvalue weighted by Crippen LogP contribution is -2.56. The first kappa shape index (κ1) is 10.3. The van der Waals surface area contributed by atoms with Crippen molar-refractivity contribution in [2.24, 2.45) is 0 Å². The highest BCUT2D eigenvalue weighted by molar-refractivity contribution is 7.57. The molecule has 1 fully saturated rings. The fourth-order valence-electron chi connectivity index (χ4n) is 0.489. The molecule has 0 aromatic heterocycles. The van der Waals surface area contributed by atoms with Crippen molar-refractivity contribution in [2.45, 2.75) is 12.5 Å². The van der Waals surface area contributed by atoms with Crippen molar-refractivity contribution < 1.29 is 0 Å². The molecule has 0 nitrogen and oxygen atoms in total. The molecule has 0 bridgehead atoms. The first-order chi connectivity index (χ1) is 4.21. The Labute approximate surface area is 90.2 Å². The molecule has 10 heavy (non-hydrogen) atoms. The van der Waals surface area contributed by atoms with E-state index in [1.807, 2.05) is 0 Å². The molecule has 60 valence electrons. The summed E-state index contributed by atoms with van der Waals surface area (Å²) in [5, 5.41) is 0. The van der Waals surface area contributed by atoms with Crippen LogP contribution in [0.4, 0.5) is 0 Å². The third-order valence-electron chi connectivity index (χ3n) is 1.10. The van der Waals surface area contributed by atoms with Gasteiger partial charge >= 0.3 is 0 Å². The van der Waals surface area contributed by atoms with Crippen LogP contribution in [0.1, 0.15) is 0 Å². The Morgan fingerprint density at radius 1 is 0.700 bits per heavy atom. The molecule has 0 unspecified atom stereocenters. The highest BCUT2D eigenvalue weighted by Crippen LogP contribution is 2.79. The fourth-order valence-corrected chi connectivity index (χ4v) is 5.31. The van der Waals surface area contributed by atoms with E-state index in [0.29, 0.717) is 0 Å². The third-order valence-corrected chi connectivity index (χ3v) is 7.29. The third kappa shape index (κ3) is 1.25. The summed E-state index contributed by atoms with van der Waals surface area (Å²) in [6.07, 6.45) is 0. The maximum atomic E-state index is 5.63. The zero-order valence-corrected chi connectivity index (χ0v) is 9.80. The van der Waals surface area contributed by atoms with E-state index in [1.165, 1.54) is 0 Å². The van der Waals surface area contributed by atoms with Gasteiger partial charge in [0.25, 0.3) is 0 Å². The van der Waals surface area contributed by atoms with Crippen LogP contribution in [0, 0.1) is 0 Å². The summed E-state index contributed by atoms with van der Waals surface area (Å²) in [5.74, 6) is 0. The predicted molar refractivity (Wildman–Crippen MR) is 51.6 cm³/mol. The minimum atomic E-state index is -1.47. The van der Waals surface area contributed by atoms with Gasteiger partial charge in [0.1, 0.15) is 0 Å². The van der Waals surface area contributed by atoms with Crippen LogP contribution in [0.15, 0.2) is 0 Å². The van der Waals surface area contributed by atoms with Crippen LogP contribution in [0.2, 0.25) is 0 Å². The van der Waals surface area contributed by atoms with Crippen molar-refractivity contribution in [1.82, 2.24) is 0 Å². The normalized spacial score (nSPS) is 33.0. The Morgan fingerprint density at radius 3 is 1.00 bits per heavy atom. The molecular formula is C3HCl6P. The molecule has 0 aliphatic carbocycles. The molecule has 1 rings (SSSR count). The van der Waals surface area contributed by atoms with Gasteiger partial charge in [-0.2, -0.15) is 0 Å². The Morgan fingerprint density at radius 2 is 1.00 bits per heavy atom. The summed E-state index contributed by atoms with van der Waals surface area (Å²) in [7, 11) is -0.0764. The first-order valence-corrected chi connectivity index (χ1v) is 5.40. The molecule has 0 aromatic carbocycles. The molecule has 1 aliphatic rings. The molecule has 7 heteroatoms. The maximum absolute atomic E-state index is 5.63. The van der Waals surface area contributed by atoms with Crippen LogP contribution < -0.4 is 0 Å². The molecule has 1 heterocycles. The van der Waals surface area contributed by atoms with Crippen molar-refractivity contribution in [3.8, 4) is 0 Å². The van der Waals surface area contributed by atoms with Crippen LogP contribution in [0.5, 0.6) is 0 Å². The quantitative estimate of drug-likeness (QED) is 0.463. The number of hydrogen-bond donors (Lipinski definition) is 0. The van der Waals surface area contributed by atoms with E-state index in [-0.39, 0.29) is 8.58 Å². The Bertz CT molecular complexity index is 146. The summed E-state index contributed by atoms with van der Waals surface area (Å²) in [5.41, 5.74) is 0. The second-order valence-electron chi connectivity index (χ2n) is 1.85. The van der Waals surface area contributed by atoms with Crippen molar-refractivity contribution in [3.05, 3.63) is 0 Å². The van der Waals surface area contributed by atoms with Gasteiger partial charge in [-0.3, -0.25) is 0 Å². The zero-order valence-electron chi connectivity index (χ0n) is 4.27. The molecular weight excluding hydrogens is 280 g/mol. The standard InChI is InChI=1S/C3HCl6P/c4-1(5)2(6,7)10-3(1,8)9/h10H. The topological polar surface area (TPSA) is 0 Å². The zero-order chi connectivity index (χ0) is 8.21. The van der Waals surface area contributed by atoms with Crippen molar-refractivity contribution in [2.75, 3.05) is 0 Å². The number of rotatable bonds is 0. The second kappa shape index (κ2) is 2.58. The second-order valence-corrected chi connectivity index (χ2v) is 8.85. The van der Waals surface area contributed by atoms with Gasteiger partial charge < -0.3 is 0 Å². The Kier molecular flexibility index (Phi) is 2.64. The first-order valence-electron chi connectivity index (χ1n) is 2.13. The van der Waals surface area contributed by atoms with Gasteiger partial charge in [0.15, 0.2) is 12.5 Å². The monoisotopic (exact) mass is 278 g/mol. The summed E-state index contributed by atoms with van der Waals surface area (Å²) in [6.45, 7) is 0. The molecule has 0 N–H and O–H groups in total. The largest absolute Gasteiger partial charge is 0.190 e. The Hall–Kier alpha value is 2.17. The number of alkyl halides is 6. The van der Waals surface area contributed by atoms with E-state index in [9.17, 15) is 0 Å². The summed E-state index contributed by atoms with van der Waals surface area (Å²) < 4.78 is -3.89. The molecule has 0 aromatic rings. The van der Waals surface area contributed by atoms with Gasteiger partial charge in [-0.15, -0.1) is 0 Å². The van der Waals surface area contributed by atoms with Gasteiger partial charge in [-0.25, -0.2) is 0 Å².